The second-order valence-electron chi connectivity index (χ2n) is 15.5. The highest BCUT2D eigenvalue weighted by molar-refractivity contribution is 6.12. The topological polar surface area (TPSA) is 36.2 Å². The molecule has 1 aliphatic rings. The van der Waals surface area contributed by atoms with Crippen molar-refractivity contribution in [2.75, 3.05) is 0 Å². The average molecular weight is 729 g/mol. The summed E-state index contributed by atoms with van der Waals surface area (Å²) in [7, 11) is 0. The molecule has 0 heterocycles. The quantitative estimate of drug-likeness (QED) is 0.159. The smallest absolute Gasteiger partial charge is 0.0723 e. The molecule has 0 aromatic heterocycles. The molecule has 57 heavy (non-hydrogen) atoms. The maximum Gasteiger partial charge on any atom is 0.0723 e. The number of nitrogens with one attached hydrogen (secondary N) is 1. The summed E-state index contributed by atoms with van der Waals surface area (Å²) >= 11 is 0. The first kappa shape index (κ1) is 34.3. The molecule has 0 atom stereocenters. The lowest BCUT2D eigenvalue weighted by molar-refractivity contribution is 0.666. The minimum absolute atomic E-state index is 0.0961. The van der Waals surface area contributed by atoms with Gasteiger partial charge >= 0.3 is 0 Å². The van der Waals surface area contributed by atoms with Gasteiger partial charge in [0, 0.05) is 22.8 Å². The number of hydrogen-bond acceptors (Lipinski definition) is 2. The Labute approximate surface area is 333 Å². The van der Waals surface area contributed by atoms with E-state index in [1.54, 1.807) is 0 Å². The van der Waals surface area contributed by atoms with Gasteiger partial charge in [-0.1, -0.05) is 190 Å². The zero-order chi connectivity index (χ0) is 38.5. The van der Waals surface area contributed by atoms with Gasteiger partial charge in [0.15, 0.2) is 0 Å². The van der Waals surface area contributed by atoms with E-state index in [0.717, 1.165) is 33.2 Å². The van der Waals surface area contributed by atoms with E-state index in [4.69, 9.17) is 10.4 Å². The van der Waals surface area contributed by atoms with Gasteiger partial charge in [-0.15, -0.1) is 0 Å². The molecular weight excluding hydrogens is 689 g/mol. The Bertz CT molecular complexity index is 3090. The summed E-state index contributed by atoms with van der Waals surface area (Å²) in [5.41, 5.74) is 14.2. The Balaban J connectivity index is 0.980. The fourth-order valence-electron chi connectivity index (χ4n) is 8.83. The second kappa shape index (κ2) is 13.8. The first-order chi connectivity index (χ1) is 27.9. The lowest BCUT2D eigenvalue weighted by Crippen LogP contribution is -2.15. The van der Waals surface area contributed by atoms with Crippen LogP contribution in [0.4, 0.5) is 0 Å². The Hall–Kier alpha value is -7.16. The van der Waals surface area contributed by atoms with Gasteiger partial charge in [-0.2, -0.15) is 0 Å². The first-order valence-electron chi connectivity index (χ1n) is 19.6. The molecule has 1 aliphatic carbocycles. The van der Waals surface area contributed by atoms with Crippen molar-refractivity contribution < 1.29 is 0 Å². The Morgan fingerprint density at radius 1 is 0.474 bits per heavy atom. The van der Waals surface area contributed by atoms with Crippen molar-refractivity contribution in [1.29, 1.82) is 5.41 Å². The molecule has 0 unspecified atom stereocenters. The van der Waals surface area contributed by atoms with Crippen LogP contribution in [0.5, 0.6) is 0 Å². The summed E-state index contributed by atoms with van der Waals surface area (Å²) in [6.07, 6.45) is 3.82. The van der Waals surface area contributed by atoms with Gasteiger partial charge in [0.05, 0.1) is 11.4 Å². The van der Waals surface area contributed by atoms with E-state index in [2.05, 4.69) is 172 Å². The molecule has 270 valence electrons. The van der Waals surface area contributed by atoms with Crippen LogP contribution in [-0.4, -0.2) is 11.9 Å². The lowest BCUT2D eigenvalue weighted by atomic mass is 9.79. The lowest BCUT2D eigenvalue weighted by Gasteiger charge is -2.23. The molecule has 0 bridgehead atoms. The molecule has 0 aliphatic heterocycles. The van der Waals surface area contributed by atoms with Crippen LogP contribution in [0, 0.1) is 5.41 Å². The zero-order valence-electron chi connectivity index (χ0n) is 32.0. The summed E-state index contributed by atoms with van der Waals surface area (Å²) in [4.78, 5) is 5.09. The number of rotatable bonds is 7. The van der Waals surface area contributed by atoms with E-state index >= 15 is 0 Å². The van der Waals surface area contributed by atoms with Crippen LogP contribution in [0.25, 0.3) is 71.4 Å². The third kappa shape index (κ3) is 6.07. The summed E-state index contributed by atoms with van der Waals surface area (Å²) in [6.45, 7) is 4.74. The third-order valence-electron chi connectivity index (χ3n) is 11.8. The van der Waals surface area contributed by atoms with E-state index in [1.807, 2.05) is 42.6 Å². The molecule has 1 N–H and O–H groups in total. The fourth-order valence-corrected chi connectivity index (χ4v) is 8.83. The van der Waals surface area contributed by atoms with Crippen molar-refractivity contribution in [2.24, 2.45) is 4.99 Å². The van der Waals surface area contributed by atoms with Gasteiger partial charge in [-0.05, 0) is 101 Å². The zero-order valence-corrected chi connectivity index (χ0v) is 32.0. The van der Waals surface area contributed by atoms with Crippen LogP contribution in [-0.2, 0) is 5.41 Å². The van der Waals surface area contributed by atoms with Gasteiger partial charge in [-0.3, -0.25) is 4.99 Å². The van der Waals surface area contributed by atoms with Crippen LogP contribution in [0.1, 0.15) is 41.7 Å². The van der Waals surface area contributed by atoms with Crippen LogP contribution in [0.3, 0.4) is 0 Å². The van der Waals surface area contributed by atoms with Gasteiger partial charge in [0.2, 0.25) is 0 Å². The number of nitrogens with zero attached hydrogens (tertiary/aromatic N) is 1. The predicted molar refractivity (Wildman–Crippen MR) is 243 cm³/mol. The molecule has 0 amide bonds. The van der Waals surface area contributed by atoms with Crippen LogP contribution < -0.4 is 0 Å². The van der Waals surface area contributed by atoms with Crippen LogP contribution in [0.2, 0.25) is 0 Å². The SMILES string of the molecule is CC1(C)c2cc(-c3ccc(-c4ccc(C=N/C(=C\C(=N)c5ccccc5)c5ccc6ccccc6c5)c5ccccc45)cc3)ccc2-c2ccc3ccccc3c21. The number of aliphatic imine (C=N–C) groups is 1. The van der Waals surface area contributed by atoms with E-state index in [9.17, 15) is 0 Å². The molecule has 0 saturated heterocycles. The van der Waals surface area contributed by atoms with Gasteiger partial charge in [-0.25, -0.2) is 0 Å². The molecule has 2 heteroatoms. The molecule has 9 aromatic rings. The monoisotopic (exact) mass is 728 g/mol. The summed E-state index contributed by atoms with van der Waals surface area (Å²) in [5, 5.41) is 16.2. The molecule has 0 fully saturated rings. The number of hydrogen-bond donors (Lipinski definition) is 1. The normalized spacial score (nSPS) is 13.3. The van der Waals surface area contributed by atoms with E-state index in [-0.39, 0.29) is 5.41 Å². The second-order valence-corrected chi connectivity index (χ2v) is 15.5. The highest BCUT2D eigenvalue weighted by Gasteiger charge is 2.37. The van der Waals surface area contributed by atoms with Crippen molar-refractivity contribution in [2.45, 2.75) is 19.3 Å². The standard InChI is InChI=1S/C55H40N2/c1-55(2)51-33-42(27-30-49(51)50-31-26-38-13-8-9-18-47(38)54(50)55)37-20-23-39(24-21-37)46-29-28-44(45-17-10-11-19-48(45)46)35-57-53(34-52(56)40-14-4-3-5-15-40)43-25-22-36-12-6-7-16-41(36)32-43/h3-35,56H,1-2H3/b53-34-,56-52?,57-35?. The molecule has 0 saturated carbocycles. The Kier molecular flexibility index (Phi) is 8.34. The van der Waals surface area contributed by atoms with Crippen molar-refractivity contribution in [3.05, 3.63) is 222 Å². The number of allylic oxidation sites excluding steroid dienone is 1. The van der Waals surface area contributed by atoms with Crippen molar-refractivity contribution in [1.82, 2.24) is 0 Å². The largest absolute Gasteiger partial charge is 0.300 e. The molecule has 0 spiro atoms. The van der Waals surface area contributed by atoms with Gasteiger partial charge < -0.3 is 5.41 Å². The van der Waals surface area contributed by atoms with Gasteiger partial charge in [0.25, 0.3) is 0 Å². The Morgan fingerprint density at radius 2 is 1.09 bits per heavy atom. The highest BCUT2D eigenvalue weighted by Crippen LogP contribution is 2.52. The fraction of sp³-hybridized carbons (Fsp3) is 0.0545. The highest BCUT2D eigenvalue weighted by atomic mass is 14.7. The average Bonchev–Trinajstić information content (AvgIpc) is 3.50. The maximum absolute atomic E-state index is 8.93. The molecule has 9 aromatic carbocycles. The van der Waals surface area contributed by atoms with Crippen LogP contribution >= 0.6 is 0 Å². The molecular formula is C55H40N2. The number of benzene rings is 9. The minimum Gasteiger partial charge on any atom is -0.300 e. The molecule has 2 nitrogen and oxygen atoms in total. The van der Waals surface area contributed by atoms with E-state index < -0.39 is 0 Å². The summed E-state index contributed by atoms with van der Waals surface area (Å²) < 4.78 is 0. The third-order valence-corrected chi connectivity index (χ3v) is 11.8. The summed E-state index contributed by atoms with van der Waals surface area (Å²) in [5.74, 6) is 0. The van der Waals surface area contributed by atoms with Crippen molar-refractivity contribution in [3.8, 4) is 33.4 Å². The van der Waals surface area contributed by atoms with E-state index in [1.165, 1.54) is 66.1 Å². The molecule has 0 radical (unpaired) electrons. The molecule has 10 rings (SSSR count). The maximum atomic E-state index is 8.93. The van der Waals surface area contributed by atoms with Gasteiger partial charge in [0.1, 0.15) is 0 Å². The van der Waals surface area contributed by atoms with Crippen LogP contribution in [0.15, 0.2) is 199 Å². The Morgan fingerprint density at radius 3 is 1.89 bits per heavy atom. The van der Waals surface area contributed by atoms with Crippen molar-refractivity contribution in [3.63, 3.8) is 0 Å². The number of fused-ring (bicyclic) bond motifs is 7. The minimum atomic E-state index is -0.0961. The summed E-state index contributed by atoms with van der Waals surface area (Å²) in [6, 6.07) is 66.9. The van der Waals surface area contributed by atoms with Crippen molar-refractivity contribution >= 4 is 49.9 Å². The first-order valence-corrected chi connectivity index (χ1v) is 19.6. The van der Waals surface area contributed by atoms with E-state index in [0.29, 0.717) is 5.71 Å². The predicted octanol–water partition coefficient (Wildman–Crippen LogP) is 14.3.